The fourth-order valence-electron chi connectivity index (χ4n) is 0.938. The molecule has 0 spiro atoms. The van der Waals surface area contributed by atoms with E-state index in [1.54, 1.807) is 6.92 Å². The molecular weight excluding hydrogens is 204 g/mol. The number of carbonyl (C=O) groups is 1. The molecule has 0 amide bonds. The van der Waals surface area contributed by atoms with E-state index in [9.17, 15) is 14.9 Å². The Morgan fingerprint density at radius 2 is 2.40 bits per heavy atom. The van der Waals surface area contributed by atoms with Crippen LogP contribution in [0.15, 0.2) is 12.3 Å². The predicted octanol–water partition coefficient (Wildman–Crippen LogP) is 0.872. The molecule has 0 saturated heterocycles. The topological polar surface area (TPSA) is 103 Å². The van der Waals surface area contributed by atoms with E-state index in [4.69, 9.17) is 5.11 Å². The molecule has 7 heteroatoms. The lowest BCUT2D eigenvalue weighted by Crippen LogP contribution is -2.10. The van der Waals surface area contributed by atoms with E-state index in [0.717, 1.165) is 12.3 Å². The van der Waals surface area contributed by atoms with Crippen LogP contribution in [0.25, 0.3) is 0 Å². The number of aromatic nitrogens is 1. The van der Waals surface area contributed by atoms with Gasteiger partial charge in [-0.3, -0.25) is 10.1 Å². The van der Waals surface area contributed by atoms with Gasteiger partial charge in [0.05, 0.1) is 23.8 Å². The summed E-state index contributed by atoms with van der Waals surface area (Å²) < 4.78 is 4.57. The van der Waals surface area contributed by atoms with Crippen molar-refractivity contribution in [3.05, 3.63) is 28.1 Å². The monoisotopic (exact) mass is 212 g/mol. The largest absolute Gasteiger partial charge is 0.506 e. The number of carbonyl (C=O) groups excluding carboxylic acids is 1. The molecule has 0 fully saturated rings. The van der Waals surface area contributed by atoms with Gasteiger partial charge in [-0.2, -0.15) is 0 Å². The van der Waals surface area contributed by atoms with Gasteiger partial charge in [-0.25, -0.2) is 9.78 Å². The van der Waals surface area contributed by atoms with Crippen molar-refractivity contribution in [1.29, 1.82) is 0 Å². The minimum absolute atomic E-state index is 0.0958. The van der Waals surface area contributed by atoms with Gasteiger partial charge in [0.2, 0.25) is 5.69 Å². The van der Waals surface area contributed by atoms with Gasteiger partial charge in [0.25, 0.3) is 0 Å². The van der Waals surface area contributed by atoms with Crippen LogP contribution < -0.4 is 0 Å². The highest BCUT2D eigenvalue weighted by molar-refractivity contribution is 5.91. The Hall–Kier alpha value is -2.18. The maximum Gasteiger partial charge on any atom is 0.364 e. The Balaban J connectivity index is 3.17. The number of hydrogen-bond donors (Lipinski definition) is 1. The number of aromatic hydroxyl groups is 1. The van der Waals surface area contributed by atoms with Crippen molar-refractivity contribution in [2.45, 2.75) is 6.92 Å². The minimum Gasteiger partial charge on any atom is -0.506 e. The summed E-state index contributed by atoms with van der Waals surface area (Å²) in [5.41, 5.74) is -0.992. The third kappa shape index (κ3) is 2.39. The Labute approximate surface area is 84.5 Å². The van der Waals surface area contributed by atoms with Crippen LogP contribution in [0.4, 0.5) is 5.69 Å². The van der Waals surface area contributed by atoms with Crippen LogP contribution in [-0.2, 0) is 4.74 Å². The van der Waals surface area contributed by atoms with Crippen molar-refractivity contribution in [3.63, 3.8) is 0 Å². The van der Waals surface area contributed by atoms with Crippen molar-refractivity contribution < 1.29 is 19.6 Å². The van der Waals surface area contributed by atoms with Crippen molar-refractivity contribution >= 4 is 11.7 Å². The minimum atomic E-state index is -0.885. The lowest BCUT2D eigenvalue weighted by atomic mass is 10.3. The molecule has 1 N–H and O–H groups in total. The highest BCUT2D eigenvalue weighted by atomic mass is 16.6. The molecule has 0 aliphatic carbocycles. The molecule has 0 aliphatic heterocycles. The molecule has 1 rings (SSSR count). The lowest BCUT2D eigenvalue weighted by molar-refractivity contribution is -0.385. The smallest absolute Gasteiger partial charge is 0.364 e. The van der Waals surface area contributed by atoms with Crippen molar-refractivity contribution in [2.75, 3.05) is 6.61 Å². The number of ether oxygens (including phenoxy) is 1. The SMILES string of the molecule is CCOC(=O)c1ncc(O)cc1[N+](=O)[O-]. The van der Waals surface area contributed by atoms with E-state index in [2.05, 4.69) is 9.72 Å². The zero-order valence-electron chi connectivity index (χ0n) is 7.84. The fraction of sp³-hybridized carbons (Fsp3) is 0.250. The average molecular weight is 212 g/mol. The first kappa shape index (κ1) is 10.9. The van der Waals surface area contributed by atoms with E-state index in [1.807, 2.05) is 0 Å². The van der Waals surface area contributed by atoms with Crippen molar-refractivity contribution in [3.8, 4) is 5.75 Å². The molecule has 15 heavy (non-hydrogen) atoms. The first-order chi connectivity index (χ1) is 7.06. The van der Waals surface area contributed by atoms with Crippen LogP contribution in [0.2, 0.25) is 0 Å². The molecule has 0 aromatic carbocycles. The second kappa shape index (κ2) is 4.36. The molecular formula is C8H8N2O5. The van der Waals surface area contributed by atoms with Gasteiger partial charge in [-0.15, -0.1) is 0 Å². The summed E-state index contributed by atoms with van der Waals surface area (Å²) in [6.07, 6.45) is 0.944. The van der Waals surface area contributed by atoms with Crippen LogP contribution in [-0.4, -0.2) is 27.6 Å². The number of hydrogen-bond acceptors (Lipinski definition) is 6. The van der Waals surface area contributed by atoms with E-state index >= 15 is 0 Å². The van der Waals surface area contributed by atoms with Crippen molar-refractivity contribution in [1.82, 2.24) is 4.98 Å². The number of rotatable bonds is 3. The number of nitrogens with zero attached hydrogens (tertiary/aromatic N) is 2. The molecule has 1 heterocycles. The molecule has 0 bridgehead atoms. The third-order valence-electron chi connectivity index (χ3n) is 1.52. The highest BCUT2D eigenvalue weighted by Gasteiger charge is 2.23. The molecule has 0 atom stereocenters. The summed E-state index contributed by atoms with van der Waals surface area (Å²) in [6.45, 7) is 1.67. The maximum atomic E-state index is 11.2. The van der Waals surface area contributed by atoms with Crippen LogP contribution in [0.5, 0.6) is 5.75 Å². The molecule has 0 unspecified atom stereocenters. The quantitative estimate of drug-likeness (QED) is 0.453. The summed E-state index contributed by atoms with van der Waals surface area (Å²) in [7, 11) is 0. The Morgan fingerprint density at radius 3 is 2.93 bits per heavy atom. The molecule has 0 saturated carbocycles. The predicted molar refractivity (Wildman–Crippen MR) is 48.5 cm³/mol. The van der Waals surface area contributed by atoms with E-state index in [-0.39, 0.29) is 12.4 Å². The molecule has 0 aliphatic rings. The zero-order valence-corrected chi connectivity index (χ0v) is 7.84. The number of nitro groups is 1. The van der Waals surface area contributed by atoms with E-state index in [0.29, 0.717) is 0 Å². The van der Waals surface area contributed by atoms with E-state index in [1.165, 1.54) is 0 Å². The number of pyridine rings is 1. The highest BCUT2D eigenvalue weighted by Crippen LogP contribution is 2.21. The first-order valence-corrected chi connectivity index (χ1v) is 4.06. The van der Waals surface area contributed by atoms with Gasteiger partial charge in [-0.05, 0) is 6.92 Å². The Bertz CT molecular complexity index is 404. The second-order valence-electron chi connectivity index (χ2n) is 2.54. The normalized spacial score (nSPS) is 9.67. The Morgan fingerprint density at radius 1 is 1.73 bits per heavy atom. The van der Waals surface area contributed by atoms with Crippen LogP contribution in [0.3, 0.4) is 0 Å². The van der Waals surface area contributed by atoms with E-state index < -0.39 is 22.3 Å². The van der Waals surface area contributed by atoms with Crippen LogP contribution in [0.1, 0.15) is 17.4 Å². The standard InChI is InChI=1S/C8H8N2O5/c1-2-15-8(12)7-6(10(13)14)3-5(11)4-9-7/h3-4,11H,2H2,1H3. The lowest BCUT2D eigenvalue weighted by Gasteiger charge is -2.01. The first-order valence-electron chi connectivity index (χ1n) is 4.06. The summed E-state index contributed by atoms with van der Waals surface area (Å²) in [6, 6.07) is 0.846. The third-order valence-corrected chi connectivity index (χ3v) is 1.52. The van der Waals surface area contributed by atoms with Gasteiger partial charge in [0, 0.05) is 0 Å². The molecule has 0 radical (unpaired) electrons. The molecule has 1 aromatic rings. The maximum absolute atomic E-state index is 11.2. The molecule has 7 nitrogen and oxygen atoms in total. The fourth-order valence-corrected chi connectivity index (χ4v) is 0.938. The zero-order chi connectivity index (χ0) is 11.4. The average Bonchev–Trinajstić information content (AvgIpc) is 2.17. The molecule has 1 aromatic heterocycles. The van der Waals surface area contributed by atoms with Crippen molar-refractivity contribution in [2.24, 2.45) is 0 Å². The van der Waals surface area contributed by atoms with Gasteiger partial charge >= 0.3 is 11.7 Å². The summed E-state index contributed by atoms with van der Waals surface area (Å²) >= 11 is 0. The Kier molecular flexibility index (Phi) is 3.17. The number of esters is 1. The van der Waals surface area contributed by atoms with Gasteiger partial charge in [0.1, 0.15) is 5.75 Å². The van der Waals surface area contributed by atoms with Crippen LogP contribution >= 0.6 is 0 Å². The van der Waals surface area contributed by atoms with Gasteiger partial charge in [-0.1, -0.05) is 0 Å². The summed E-state index contributed by atoms with van der Waals surface area (Å²) in [5.74, 6) is -1.26. The van der Waals surface area contributed by atoms with Gasteiger partial charge in [0.15, 0.2) is 0 Å². The molecule has 80 valence electrons. The van der Waals surface area contributed by atoms with Crippen LogP contribution in [0, 0.1) is 10.1 Å². The second-order valence-corrected chi connectivity index (χ2v) is 2.54. The van der Waals surface area contributed by atoms with Gasteiger partial charge < -0.3 is 9.84 Å². The summed E-state index contributed by atoms with van der Waals surface area (Å²) in [5, 5.41) is 19.5. The summed E-state index contributed by atoms with van der Waals surface area (Å²) in [4.78, 5) is 24.4.